The van der Waals surface area contributed by atoms with Gasteiger partial charge in [0.2, 0.25) is 0 Å². The van der Waals surface area contributed by atoms with E-state index in [2.05, 4.69) is 9.72 Å². The summed E-state index contributed by atoms with van der Waals surface area (Å²) in [6.45, 7) is 0.284. The molecule has 2 aromatic rings. The van der Waals surface area contributed by atoms with E-state index in [0.29, 0.717) is 17.4 Å². The molecular weight excluding hydrogens is 295 g/mol. The number of thioether (sulfide) groups is 1. The Hall–Kier alpha value is -1.86. The second-order valence-corrected chi connectivity index (χ2v) is 5.21. The molecule has 0 aliphatic carbocycles. The predicted molar refractivity (Wildman–Crippen MR) is 76.4 cm³/mol. The molecular formula is C14H15FN2O3S. The molecule has 0 saturated heterocycles. The van der Waals surface area contributed by atoms with E-state index in [9.17, 15) is 14.3 Å². The van der Waals surface area contributed by atoms with Gasteiger partial charge >= 0.3 is 5.97 Å². The second-order valence-electron chi connectivity index (χ2n) is 4.27. The predicted octanol–water partition coefficient (Wildman–Crippen LogP) is 1.83. The number of hydrogen-bond acceptors (Lipinski definition) is 5. The van der Waals surface area contributed by atoms with Crippen LogP contribution in [0.4, 0.5) is 4.39 Å². The maximum Gasteiger partial charge on any atom is 0.316 e. The van der Waals surface area contributed by atoms with Gasteiger partial charge in [0.1, 0.15) is 5.82 Å². The number of aromatic nitrogens is 2. The number of ether oxygens (including phenoxy) is 1. The standard InChI is InChI=1S/C14H15FN2O3S/c1-20-13(19)9-21-14-16-6-12(8-18)17(14)7-10-2-4-11(15)5-3-10/h2-6,18H,7-9H2,1H3. The molecule has 0 saturated carbocycles. The summed E-state index contributed by atoms with van der Waals surface area (Å²) in [5.41, 5.74) is 1.51. The average Bonchev–Trinajstić information content (AvgIpc) is 2.89. The minimum atomic E-state index is -0.345. The molecule has 2 rings (SSSR count). The molecule has 0 fully saturated rings. The van der Waals surface area contributed by atoms with Crippen molar-refractivity contribution in [3.8, 4) is 0 Å². The quantitative estimate of drug-likeness (QED) is 0.651. The highest BCUT2D eigenvalue weighted by Crippen LogP contribution is 2.20. The zero-order chi connectivity index (χ0) is 15.2. The van der Waals surface area contributed by atoms with Crippen LogP contribution in [0.25, 0.3) is 0 Å². The lowest BCUT2D eigenvalue weighted by Crippen LogP contribution is -2.08. The number of hydrogen-bond donors (Lipinski definition) is 1. The Morgan fingerprint density at radius 3 is 2.76 bits per heavy atom. The smallest absolute Gasteiger partial charge is 0.316 e. The molecule has 0 amide bonds. The summed E-state index contributed by atoms with van der Waals surface area (Å²) in [5, 5.41) is 9.96. The molecule has 0 spiro atoms. The third kappa shape index (κ3) is 4.05. The first-order valence-electron chi connectivity index (χ1n) is 6.23. The topological polar surface area (TPSA) is 64.3 Å². The van der Waals surface area contributed by atoms with E-state index < -0.39 is 0 Å². The van der Waals surface area contributed by atoms with Crippen LogP contribution in [-0.4, -0.2) is 33.5 Å². The van der Waals surface area contributed by atoms with Crippen molar-refractivity contribution in [2.45, 2.75) is 18.3 Å². The Morgan fingerprint density at radius 2 is 2.14 bits per heavy atom. The lowest BCUT2D eigenvalue weighted by atomic mass is 10.2. The number of benzene rings is 1. The summed E-state index contributed by atoms with van der Waals surface area (Å²) in [7, 11) is 1.33. The van der Waals surface area contributed by atoms with E-state index in [4.69, 9.17) is 0 Å². The number of halogens is 1. The molecule has 112 valence electrons. The van der Waals surface area contributed by atoms with E-state index in [1.54, 1.807) is 22.9 Å². The first-order valence-corrected chi connectivity index (χ1v) is 7.22. The van der Waals surface area contributed by atoms with Gasteiger partial charge in [-0.1, -0.05) is 23.9 Å². The fraction of sp³-hybridized carbons (Fsp3) is 0.286. The molecule has 0 atom stereocenters. The van der Waals surface area contributed by atoms with Gasteiger partial charge in [0, 0.05) is 6.54 Å². The Labute approximate surface area is 125 Å². The molecule has 1 aromatic carbocycles. The van der Waals surface area contributed by atoms with Crippen LogP contribution in [0.5, 0.6) is 0 Å². The van der Waals surface area contributed by atoms with E-state index in [0.717, 1.165) is 5.56 Å². The molecule has 1 N–H and O–H groups in total. The van der Waals surface area contributed by atoms with Gasteiger partial charge in [-0.3, -0.25) is 4.79 Å². The minimum absolute atomic E-state index is 0.141. The first kappa shape index (κ1) is 15.5. The summed E-state index contributed by atoms with van der Waals surface area (Å²) < 4.78 is 19.3. The number of aliphatic hydroxyl groups is 1. The fourth-order valence-electron chi connectivity index (χ4n) is 1.76. The molecule has 21 heavy (non-hydrogen) atoms. The third-order valence-corrected chi connectivity index (χ3v) is 3.83. The lowest BCUT2D eigenvalue weighted by molar-refractivity contribution is -0.137. The average molecular weight is 310 g/mol. The van der Waals surface area contributed by atoms with Gasteiger partial charge < -0.3 is 14.4 Å². The van der Waals surface area contributed by atoms with E-state index in [1.165, 1.54) is 31.0 Å². The maximum absolute atomic E-state index is 12.9. The number of carbonyl (C=O) groups is 1. The van der Waals surface area contributed by atoms with E-state index in [1.807, 2.05) is 0 Å². The van der Waals surface area contributed by atoms with Gasteiger partial charge in [0.05, 0.1) is 31.4 Å². The summed E-state index contributed by atoms with van der Waals surface area (Å²) in [5.74, 6) is -0.504. The van der Waals surface area contributed by atoms with Crippen molar-refractivity contribution in [3.63, 3.8) is 0 Å². The largest absolute Gasteiger partial charge is 0.468 e. The number of imidazole rings is 1. The summed E-state index contributed by atoms with van der Waals surface area (Å²) >= 11 is 1.23. The van der Waals surface area contributed by atoms with Crippen molar-refractivity contribution in [2.75, 3.05) is 12.9 Å². The number of carbonyl (C=O) groups excluding carboxylic acids is 1. The van der Waals surface area contributed by atoms with Crippen LogP contribution in [-0.2, 0) is 22.7 Å². The van der Waals surface area contributed by atoms with Crippen LogP contribution in [0, 0.1) is 5.82 Å². The Kier molecular flexibility index (Phi) is 5.35. The van der Waals surface area contributed by atoms with Gasteiger partial charge in [-0.25, -0.2) is 9.37 Å². The Balaban J connectivity index is 2.17. The highest BCUT2D eigenvalue weighted by molar-refractivity contribution is 7.99. The van der Waals surface area contributed by atoms with E-state index in [-0.39, 0.29) is 24.1 Å². The molecule has 1 aromatic heterocycles. The van der Waals surface area contributed by atoms with Crippen molar-refractivity contribution in [2.24, 2.45) is 0 Å². The number of esters is 1. The highest BCUT2D eigenvalue weighted by atomic mass is 32.2. The SMILES string of the molecule is COC(=O)CSc1ncc(CO)n1Cc1ccc(F)cc1. The molecule has 0 aliphatic rings. The summed E-state index contributed by atoms with van der Waals surface area (Å²) in [6.07, 6.45) is 1.56. The van der Waals surface area contributed by atoms with Crippen molar-refractivity contribution in [3.05, 3.63) is 47.5 Å². The van der Waals surface area contributed by atoms with Crippen LogP contribution < -0.4 is 0 Å². The van der Waals surface area contributed by atoms with Gasteiger partial charge in [0.15, 0.2) is 5.16 Å². The third-order valence-electron chi connectivity index (χ3n) is 2.86. The Morgan fingerprint density at radius 1 is 1.43 bits per heavy atom. The highest BCUT2D eigenvalue weighted by Gasteiger charge is 2.12. The second kappa shape index (κ2) is 7.24. The van der Waals surface area contributed by atoms with E-state index >= 15 is 0 Å². The van der Waals surface area contributed by atoms with Crippen molar-refractivity contribution >= 4 is 17.7 Å². The molecule has 1 heterocycles. The van der Waals surface area contributed by atoms with Crippen LogP contribution in [0.2, 0.25) is 0 Å². The molecule has 7 heteroatoms. The zero-order valence-electron chi connectivity index (χ0n) is 11.5. The zero-order valence-corrected chi connectivity index (χ0v) is 12.3. The number of methoxy groups -OCH3 is 1. The normalized spacial score (nSPS) is 10.6. The minimum Gasteiger partial charge on any atom is -0.468 e. The van der Waals surface area contributed by atoms with Gasteiger partial charge in [-0.2, -0.15) is 0 Å². The number of nitrogens with zero attached hydrogens (tertiary/aromatic N) is 2. The number of aliphatic hydroxyl groups excluding tert-OH is 1. The van der Waals surface area contributed by atoms with Gasteiger partial charge in [0.25, 0.3) is 0 Å². The molecule has 0 radical (unpaired) electrons. The van der Waals surface area contributed by atoms with Crippen LogP contribution >= 0.6 is 11.8 Å². The fourth-order valence-corrected chi connectivity index (χ4v) is 2.59. The summed E-state index contributed by atoms with van der Waals surface area (Å²) in [6, 6.07) is 6.11. The van der Waals surface area contributed by atoms with Crippen LogP contribution in [0.15, 0.2) is 35.6 Å². The maximum atomic E-state index is 12.9. The Bertz CT molecular complexity index is 613. The number of rotatable bonds is 6. The van der Waals surface area contributed by atoms with Gasteiger partial charge in [-0.05, 0) is 17.7 Å². The molecule has 5 nitrogen and oxygen atoms in total. The molecule has 0 unspecified atom stereocenters. The van der Waals surface area contributed by atoms with Crippen LogP contribution in [0.3, 0.4) is 0 Å². The monoisotopic (exact) mass is 310 g/mol. The lowest BCUT2D eigenvalue weighted by Gasteiger charge is -2.10. The summed E-state index contributed by atoms with van der Waals surface area (Å²) in [4.78, 5) is 15.4. The van der Waals surface area contributed by atoms with Gasteiger partial charge in [-0.15, -0.1) is 0 Å². The first-order chi connectivity index (χ1) is 10.1. The van der Waals surface area contributed by atoms with Crippen molar-refractivity contribution < 1.29 is 19.0 Å². The van der Waals surface area contributed by atoms with Crippen molar-refractivity contribution in [1.29, 1.82) is 0 Å². The van der Waals surface area contributed by atoms with Crippen molar-refractivity contribution in [1.82, 2.24) is 9.55 Å². The molecule has 0 bridgehead atoms. The molecule has 0 aliphatic heterocycles. The van der Waals surface area contributed by atoms with Crippen LogP contribution in [0.1, 0.15) is 11.3 Å².